The Hall–Kier alpha value is -3.69. The van der Waals surface area contributed by atoms with Crippen LogP contribution in [0, 0.1) is 0 Å². The van der Waals surface area contributed by atoms with Crippen molar-refractivity contribution in [1.82, 2.24) is 19.3 Å². The molecular formula is C26H30N4O5. The van der Waals surface area contributed by atoms with Crippen LogP contribution in [0.15, 0.2) is 54.7 Å². The number of benzene rings is 2. The average molecular weight is 479 g/mol. The van der Waals surface area contributed by atoms with Crippen LogP contribution < -0.4 is 0 Å². The summed E-state index contributed by atoms with van der Waals surface area (Å²) in [5, 5.41) is 20.5. The van der Waals surface area contributed by atoms with E-state index in [-0.39, 0.29) is 11.5 Å². The number of carbonyl (C=O) groups is 3. The number of carboxylic acid groups (broad SMARTS) is 2. The Balaban J connectivity index is 1.66. The van der Waals surface area contributed by atoms with Gasteiger partial charge in [0.1, 0.15) is 6.04 Å². The summed E-state index contributed by atoms with van der Waals surface area (Å²) in [7, 11) is 3.44. The number of likely N-dealkylation sites (N-methyl/N-ethyl adjacent to an activating group) is 1. The lowest BCUT2D eigenvalue weighted by atomic mass is 10.0. The Morgan fingerprint density at radius 1 is 0.971 bits per heavy atom. The summed E-state index contributed by atoms with van der Waals surface area (Å²) in [6.07, 6.45) is 1.84. The van der Waals surface area contributed by atoms with Crippen molar-refractivity contribution in [3.63, 3.8) is 0 Å². The second-order valence-corrected chi connectivity index (χ2v) is 9.08. The number of carbonyl (C=O) groups excluding carboxylic acids is 1. The summed E-state index contributed by atoms with van der Waals surface area (Å²) < 4.78 is 1.92. The molecular weight excluding hydrogens is 448 g/mol. The molecule has 2 heterocycles. The van der Waals surface area contributed by atoms with E-state index in [0.717, 1.165) is 10.9 Å². The van der Waals surface area contributed by atoms with Crippen LogP contribution in [0.1, 0.15) is 27.5 Å². The summed E-state index contributed by atoms with van der Waals surface area (Å²) >= 11 is 0. The number of aromatic nitrogens is 1. The largest absolute Gasteiger partial charge is 0.480 e. The first kappa shape index (κ1) is 24.4. The molecule has 4 rings (SSSR count). The fourth-order valence-electron chi connectivity index (χ4n) is 4.58. The zero-order valence-corrected chi connectivity index (χ0v) is 19.9. The predicted octanol–water partition coefficient (Wildman–Crippen LogP) is 2.22. The molecule has 0 radical (unpaired) electrons. The predicted molar refractivity (Wildman–Crippen MR) is 132 cm³/mol. The summed E-state index contributed by atoms with van der Waals surface area (Å²) in [6, 6.07) is 13.7. The lowest BCUT2D eigenvalue weighted by molar-refractivity contribution is -0.145. The van der Waals surface area contributed by atoms with Gasteiger partial charge in [0.15, 0.2) is 0 Å². The van der Waals surface area contributed by atoms with Gasteiger partial charge in [0, 0.05) is 69.5 Å². The van der Waals surface area contributed by atoms with Crippen LogP contribution in [-0.2, 0) is 16.1 Å². The molecule has 2 N–H and O–H groups in total. The monoisotopic (exact) mass is 478 g/mol. The first-order valence-corrected chi connectivity index (χ1v) is 11.5. The number of piperazine rings is 1. The number of hydrogen-bond donors (Lipinski definition) is 2. The number of amides is 1. The van der Waals surface area contributed by atoms with Crippen LogP contribution in [0.5, 0.6) is 0 Å². The van der Waals surface area contributed by atoms with Gasteiger partial charge < -0.3 is 19.7 Å². The standard InChI is InChI=1S/C26H30N4O5/c1-27(2)23(31)17-28-10-12-29(13-11-28)24(26(34)35)21-16-30(15-18-6-4-3-5-7-18)22-14-19(25(32)33)8-9-20(21)22/h3-9,14,16,24H,10-13,15,17H2,1-2H3,(H,32,33)(H,34,35). The lowest BCUT2D eigenvalue weighted by Gasteiger charge is -2.37. The topological polar surface area (TPSA) is 106 Å². The van der Waals surface area contributed by atoms with Crippen molar-refractivity contribution in [2.24, 2.45) is 0 Å². The van der Waals surface area contributed by atoms with E-state index in [1.807, 2.05) is 50.9 Å². The van der Waals surface area contributed by atoms with Gasteiger partial charge in [0.05, 0.1) is 12.1 Å². The fraction of sp³-hybridized carbons (Fsp3) is 0.346. The summed E-state index contributed by atoms with van der Waals surface area (Å²) in [4.78, 5) is 41.7. The van der Waals surface area contributed by atoms with Gasteiger partial charge in [-0.3, -0.25) is 19.4 Å². The summed E-state index contributed by atoms with van der Waals surface area (Å²) in [5.74, 6) is -1.96. The zero-order valence-electron chi connectivity index (χ0n) is 19.9. The minimum atomic E-state index is -1.03. The van der Waals surface area contributed by atoms with Gasteiger partial charge in [0.25, 0.3) is 0 Å². The van der Waals surface area contributed by atoms with E-state index in [9.17, 15) is 24.6 Å². The van der Waals surface area contributed by atoms with Gasteiger partial charge in [0.2, 0.25) is 5.91 Å². The molecule has 1 saturated heterocycles. The van der Waals surface area contributed by atoms with Crippen LogP contribution in [0.3, 0.4) is 0 Å². The molecule has 1 amide bonds. The smallest absolute Gasteiger partial charge is 0.335 e. The minimum Gasteiger partial charge on any atom is -0.480 e. The maximum Gasteiger partial charge on any atom is 0.335 e. The number of carboxylic acids is 2. The first-order valence-electron chi connectivity index (χ1n) is 11.5. The van der Waals surface area contributed by atoms with E-state index in [4.69, 9.17) is 0 Å². The third-order valence-electron chi connectivity index (χ3n) is 6.51. The molecule has 9 heteroatoms. The van der Waals surface area contributed by atoms with Crippen LogP contribution >= 0.6 is 0 Å². The van der Waals surface area contributed by atoms with E-state index < -0.39 is 18.0 Å². The molecule has 3 aromatic rings. The Labute approximate surface area is 203 Å². The minimum absolute atomic E-state index is 0.0199. The van der Waals surface area contributed by atoms with E-state index >= 15 is 0 Å². The Bertz CT molecular complexity index is 1230. The number of nitrogens with zero attached hydrogens (tertiary/aromatic N) is 4. The highest BCUT2D eigenvalue weighted by molar-refractivity contribution is 5.96. The van der Waals surface area contributed by atoms with E-state index in [2.05, 4.69) is 0 Å². The molecule has 1 unspecified atom stereocenters. The highest BCUT2D eigenvalue weighted by Crippen LogP contribution is 2.32. The van der Waals surface area contributed by atoms with Gasteiger partial charge in [-0.05, 0) is 17.7 Å². The van der Waals surface area contributed by atoms with E-state index in [1.54, 1.807) is 31.1 Å². The molecule has 0 aliphatic carbocycles. The maximum atomic E-state index is 12.5. The normalized spacial score (nSPS) is 15.7. The Morgan fingerprint density at radius 2 is 1.66 bits per heavy atom. The number of aromatic carboxylic acids is 1. The highest BCUT2D eigenvalue weighted by atomic mass is 16.4. The quantitative estimate of drug-likeness (QED) is 0.511. The number of hydrogen-bond acceptors (Lipinski definition) is 5. The average Bonchev–Trinajstić information content (AvgIpc) is 3.17. The highest BCUT2D eigenvalue weighted by Gasteiger charge is 2.33. The molecule has 0 spiro atoms. The van der Waals surface area contributed by atoms with Crippen molar-refractivity contribution in [2.45, 2.75) is 12.6 Å². The molecule has 0 bridgehead atoms. The van der Waals surface area contributed by atoms with Gasteiger partial charge in [-0.2, -0.15) is 0 Å². The Morgan fingerprint density at radius 3 is 2.26 bits per heavy atom. The molecule has 1 atom stereocenters. The molecule has 1 fully saturated rings. The van der Waals surface area contributed by atoms with Crippen molar-refractivity contribution in [2.75, 3.05) is 46.8 Å². The Kier molecular flexibility index (Phi) is 7.18. The third-order valence-corrected chi connectivity index (χ3v) is 6.51. The molecule has 1 aromatic heterocycles. The van der Waals surface area contributed by atoms with Crippen LogP contribution in [0.25, 0.3) is 10.9 Å². The molecule has 2 aromatic carbocycles. The fourth-order valence-corrected chi connectivity index (χ4v) is 4.58. The zero-order chi connectivity index (χ0) is 25.1. The summed E-state index contributed by atoms with van der Waals surface area (Å²) in [5.41, 5.74) is 2.51. The lowest BCUT2D eigenvalue weighted by Crippen LogP contribution is -2.51. The molecule has 35 heavy (non-hydrogen) atoms. The van der Waals surface area contributed by atoms with Gasteiger partial charge in [-0.15, -0.1) is 0 Å². The third kappa shape index (κ3) is 5.36. The van der Waals surface area contributed by atoms with Crippen molar-refractivity contribution >= 4 is 28.7 Å². The first-order chi connectivity index (χ1) is 16.7. The SMILES string of the molecule is CN(C)C(=O)CN1CCN(C(C(=O)O)c2cn(Cc3ccccc3)c3cc(C(=O)O)ccc23)CC1. The molecule has 184 valence electrons. The number of rotatable bonds is 8. The van der Waals surface area contributed by atoms with Crippen LogP contribution in [0.2, 0.25) is 0 Å². The van der Waals surface area contributed by atoms with Gasteiger partial charge in [-0.1, -0.05) is 36.4 Å². The molecule has 0 saturated carbocycles. The molecule has 9 nitrogen and oxygen atoms in total. The molecule has 1 aliphatic heterocycles. The van der Waals surface area contributed by atoms with E-state index in [0.29, 0.717) is 50.3 Å². The second kappa shape index (κ2) is 10.3. The van der Waals surface area contributed by atoms with Crippen molar-refractivity contribution in [3.8, 4) is 0 Å². The van der Waals surface area contributed by atoms with Gasteiger partial charge in [-0.25, -0.2) is 4.79 Å². The van der Waals surface area contributed by atoms with Crippen molar-refractivity contribution < 1.29 is 24.6 Å². The number of fused-ring (bicyclic) bond motifs is 1. The van der Waals surface area contributed by atoms with E-state index in [1.165, 1.54) is 6.07 Å². The van der Waals surface area contributed by atoms with Crippen molar-refractivity contribution in [1.29, 1.82) is 0 Å². The maximum absolute atomic E-state index is 12.5. The van der Waals surface area contributed by atoms with Crippen LogP contribution in [-0.4, -0.2) is 94.1 Å². The van der Waals surface area contributed by atoms with Crippen molar-refractivity contribution in [3.05, 3.63) is 71.4 Å². The summed E-state index contributed by atoms with van der Waals surface area (Å²) in [6.45, 7) is 3.01. The van der Waals surface area contributed by atoms with Crippen LogP contribution in [0.4, 0.5) is 0 Å². The molecule has 1 aliphatic rings. The number of aliphatic carboxylic acids is 1. The van der Waals surface area contributed by atoms with Gasteiger partial charge >= 0.3 is 11.9 Å². The second-order valence-electron chi connectivity index (χ2n) is 9.08.